The van der Waals surface area contributed by atoms with Gasteiger partial charge < -0.3 is 0 Å². The quantitative estimate of drug-likeness (QED) is 0.528. The molecular formula is C14H24. The van der Waals surface area contributed by atoms with E-state index >= 15 is 0 Å². The van der Waals surface area contributed by atoms with Crippen molar-refractivity contribution >= 4 is 0 Å². The van der Waals surface area contributed by atoms with Gasteiger partial charge in [-0.25, -0.2) is 0 Å². The average Bonchev–Trinajstić information content (AvgIpc) is 2.66. The first kappa shape index (κ1) is 9.24. The summed E-state index contributed by atoms with van der Waals surface area (Å²) in [7, 11) is 0. The van der Waals surface area contributed by atoms with E-state index in [2.05, 4.69) is 0 Å². The lowest BCUT2D eigenvalue weighted by Crippen LogP contribution is -2.33. The Kier molecular flexibility index (Phi) is 2.34. The molecule has 0 aromatic heterocycles. The van der Waals surface area contributed by atoms with Crippen molar-refractivity contribution in [1.82, 2.24) is 0 Å². The summed E-state index contributed by atoms with van der Waals surface area (Å²) in [6.45, 7) is 0. The van der Waals surface area contributed by atoms with Crippen molar-refractivity contribution in [2.45, 2.75) is 70.6 Å². The van der Waals surface area contributed by atoms with Gasteiger partial charge in [0.05, 0.1) is 0 Å². The van der Waals surface area contributed by atoms with Gasteiger partial charge in [-0.1, -0.05) is 38.5 Å². The maximum absolute atomic E-state index is 1.62. The summed E-state index contributed by atoms with van der Waals surface area (Å²) in [6, 6.07) is 0. The first-order valence-electron chi connectivity index (χ1n) is 6.88. The predicted octanol–water partition coefficient (Wildman–Crippen LogP) is 4.54. The van der Waals surface area contributed by atoms with Gasteiger partial charge >= 0.3 is 0 Å². The molecule has 2 unspecified atom stereocenters. The lowest BCUT2D eigenvalue weighted by atomic mass is 9.60. The lowest BCUT2D eigenvalue weighted by Gasteiger charge is -2.45. The number of hydrogen-bond donors (Lipinski definition) is 0. The van der Waals surface area contributed by atoms with Crippen LogP contribution in [0.4, 0.5) is 0 Å². The molecule has 3 aliphatic rings. The fourth-order valence-electron chi connectivity index (χ4n) is 4.67. The predicted molar refractivity (Wildman–Crippen MR) is 60.2 cm³/mol. The van der Waals surface area contributed by atoms with Crippen molar-refractivity contribution in [3.05, 3.63) is 0 Å². The third-order valence-electron chi connectivity index (χ3n) is 5.47. The van der Waals surface area contributed by atoms with Crippen LogP contribution in [0.2, 0.25) is 0 Å². The molecule has 0 aliphatic heterocycles. The summed E-state index contributed by atoms with van der Waals surface area (Å²) in [5.41, 5.74) is 0.851. The van der Waals surface area contributed by atoms with Crippen LogP contribution < -0.4 is 0 Å². The van der Waals surface area contributed by atoms with E-state index in [1.165, 1.54) is 19.3 Å². The van der Waals surface area contributed by atoms with E-state index in [4.69, 9.17) is 0 Å². The second kappa shape index (κ2) is 3.54. The molecule has 1 spiro atoms. The molecule has 0 aromatic rings. The highest BCUT2D eigenvalue weighted by Crippen LogP contribution is 2.54. The van der Waals surface area contributed by atoms with Crippen molar-refractivity contribution < 1.29 is 0 Å². The van der Waals surface area contributed by atoms with E-state index in [1.54, 1.807) is 51.4 Å². The van der Waals surface area contributed by atoms with E-state index < -0.39 is 0 Å². The SMILES string of the molecule is C1CCC2(CC1)CCC1CCCC1C2. The molecule has 0 nitrogen and oxygen atoms in total. The smallest absolute Gasteiger partial charge is 0.0295 e. The zero-order chi connectivity index (χ0) is 9.43. The molecule has 2 atom stereocenters. The van der Waals surface area contributed by atoms with Gasteiger partial charge in [-0.2, -0.15) is 0 Å². The second-order valence-corrected chi connectivity index (χ2v) is 6.25. The molecular weight excluding hydrogens is 168 g/mol. The van der Waals surface area contributed by atoms with E-state index in [0.717, 1.165) is 17.3 Å². The van der Waals surface area contributed by atoms with Crippen molar-refractivity contribution in [2.75, 3.05) is 0 Å². The molecule has 0 amide bonds. The van der Waals surface area contributed by atoms with Crippen LogP contribution >= 0.6 is 0 Å². The first-order chi connectivity index (χ1) is 6.88. The Bertz CT molecular complexity index is 200. The van der Waals surface area contributed by atoms with Crippen LogP contribution in [0, 0.1) is 17.3 Å². The van der Waals surface area contributed by atoms with Crippen molar-refractivity contribution in [3.8, 4) is 0 Å². The number of fused-ring (bicyclic) bond motifs is 1. The molecule has 3 rings (SSSR count). The molecule has 80 valence electrons. The van der Waals surface area contributed by atoms with Crippen LogP contribution in [0.5, 0.6) is 0 Å². The van der Waals surface area contributed by atoms with Crippen LogP contribution in [0.15, 0.2) is 0 Å². The fraction of sp³-hybridized carbons (Fsp3) is 1.00. The third kappa shape index (κ3) is 1.51. The Morgan fingerprint density at radius 2 is 1.43 bits per heavy atom. The highest BCUT2D eigenvalue weighted by molar-refractivity contribution is 4.93. The Balaban J connectivity index is 1.70. The molecule has 0 radical (unpaired) electrons. The molecule has 3 saturated carbocycles. The Hall–Kier alpha value is 0. The minimum absolute atomic E-state index is 0.851. The van der Waals surface area contributed by atoms with Crippen LogP contribution in [-0.2, 0) is 0 Å². The van der Waals surface area contributed by atoms with Gasteiger partial charge in [0.25, 0.3) is 0 Å². The van der Waals surface area contributed by atoms with Gasteiger partial charge in [0.2, 0.25) is 0 Å². The molecule has 14 heavy (non-hydrogen) atoms. The number of hydrogen-bond acceptors (Lipinski definition) is 0. The van der Waals surface area contributed by atoms with Gasteiger partial charge in [0.1, 0.15) is 0 Å². The van der Waals surface area contributed by atoms with E-state index in [-0.39, 0.29) is 0 Å². The average molecular weight is 192 g/mol. The minimum atomic E-state index is 0.851. The summed E-state index contributed by atoms with van der Waals surface area (Å²) in [5, 5.41) is 0. The van der Waals surface area contributed by atoms with Gasteiger partial charge in [-0.15, -0.1) is 0 Å². The zero-order valence-electron chi connectivity index (χ0n) is 9.43. The fourth-order valence-corrected chi connectivity index (χ4v) is 4.67. The zero-order valence-corrected chi connectivity index (χ0v) is 9.43. The third-order valence-corrected chi connectivity index (χ3v) is 5.47. The summed E-state index contributed by atoms with van der Waals surface area (Å²) in [6.07, 6.45) is 17.3. The van der Waals surface area contributed by atoms with E-state index in [0.29, 0.717) is 0 Å². The molecule has 0 heteroatoms. The minimum Gasteiger partial charge on any atom is -0.0533 e. The first-order valence-corrected chi connectivity index (χ1v) is 6.88. The summed E-state index contributed by atoms with van der Waals surface area (Å²) in [5.74, 6) is 2.31. The molecule has 3 fully saturated rings. The van der Waals surface area contributed by atoms with Crippen LogP contribution in [0.25, 0.3) is 0 Å². The number of rotatable bonds is 0. The van der Waals surface area contributed by atoms with Crippen molar-refractivity contribution in [3.63, 3.8) is 0 Å². The van der Waals surface area contributed by atoms with E-state index in [9.17, 15) is 0 Å². The lowest BCUT2D eigenvalue weighted by molar-refractivity contribution is 0.0638. The Labute approximate surface area is 88.5 Å². The Morgan fingerprint density at radius 1 is 0.643 bits per heavy atom. The van der Waals surface area contributed by atoms with Gasteiger partial charge in [-0.3, -0.25) is 0 Å². The van der Waals surface area contributed by atoms with E-state index in [1.807, 2.05) is 0 Å². The summed E-state index contributed by atoms with van der Waals surface area (Å²) < 4.78 is 0. The standard InChI is InChI=1S/C14H24/c1-2-8-14(9-3-1)10-7-12-5-4-6-13(12)11-14/h12-13H,1-11H2. The largest absolute Gasteiger partial charge is 0.0533 e. The van der Waals surface area contributed by atoms with Gasteiger partial charge in [-0.05, 0) is 49.4 Å². The van der Waals surface area contributed by atoms with Crippen LogP contribution in [-0.4, -0.2) is 0 Å². The molecule has 3 aliphatic carbocycles. The topological polar surface area (TPSA) is 0 Å². The van der Waals surface area contributed by atoms with Crippen molar-refractivity contribution in [2.24, 2.45) is 17.3 Å². The van der Waals surface area contributed by atoms with Crippen LogP contribution in [0.1, 0.15) is 70.6 Å². The maximum Gasteiger partial charge on any atom is -0.0295 e. The summed E-state index contributed by atoms with van der Waals surface area (Å²) in [4.78, 5) is 0. The highest BCUT2D eigenvalue weighted by atomic mass is 14.5. The normalized spacial score (nSPS) is 41.1. The molecule has 0 bridgehead atoms. The monoisotopic (exact) mass is 192 g/mol. The summed E-state index contributed by atoms with van der Waals surface area (Å²) >= 11 is 0. The second-order valence-electron chi connectivity index (χ2n) is 6.25. The highest BCUT2D eigenvalue weighted by Gasteiger charge is 2.42. The van der Waals surface area contributed by atoms with Crippen LogP contribution in [0.3, 0.4) is 0 Å². The Morgan fingerprint density at radius 3 is 2.29 bits per heavy atom. The molecule has 0 saturated heterocycles. The van der Waals surface area contributed by atoms with Gasteiger partial charge in [0.15, 0.2) is 0 Å². The molecule has 0 aromatic carbocycles. The maximum atomic E-state index is 1.62. The molecule has 0 heterocycles. The van der Waals surface area contributed by atoms with Crippen molar-refractivity contribution in [1.29, 1.82) is 0 Å². The van der Waals surface area contributed by atoms with Gasteiger partial charge in [0, 0.05) is 0 Å². The molecule has 0 N–H and O–H groups in total.